The molecule has 2 aliphatic heterocycles. The van der Waals surface area contributed by atoms with Gasteiger partial charge < -0.3 is 24.4 Å². The van der Waals surface area contributed by atoms with Crippen molar-refractivity contribution in [1.29, 1.82) is 0 Å². The third kappa shape index (κ3) is 6.67. The first-order valence-corrected chi connectivity index (χ1v) is 13.8. The number of aliphatic hydroxyl groups is 1. The number of hydrogen-bond donors (Lipinski definition) is 1. The number of aliphatic hydroxyl groups excluding tert-OH is 1. The zero-order chi connectivity index (χ0) is 28.2. The number of fused-ring (bicyclic) bond motifs is 1. The molecule has 2 fully saturated rings. The van der Waals surface area contributed by atoms with Crippen molar-refractivity contribution in [2.75, 3.05) is 51.4 Å². The fourth-order valence-electron chi connectivity index (χ4n) is 5.22. The number of amides is 1. The van der Waals surface area contributed by atoms with Crippen LogP contribution in [0.4, 0.5) is 10.6 Å². The molecule has 0 aliphatic carbocycles. The smallest absolute Gasteiger partial charge is 0.410 e. The van der Waals surface area contributed by atoms with Crippen LogP contribution in [0.15, 0.2) is 24.4 Å². The largest absolute Gasteiger partial charge is 0.444 e. The Morgan fingerprint density at radius 2 is 1.72 bits per heavy atom. The molecule has 0 saturated carbocycles. The highest BCUT2D eigenvalue weighted by molar-refractivity contribution is 5.82. The number of hydrogen-bond acceptors (Lipinski definition) is 8. The van der Waals surface area contributed by atoms with Crippen molar-refractivity contribution < 1.29 is 19.4 Å². The van der Waals surface area contributed by atoms with Gasteiger partial charge in [-0.1, -0.05) is 6.92 Å². The number of anilines is 1. The lowest BCUT2D eigenvalue weighted by Gasteiger charge is -2.34. The minimum Gasteiger partial charge on any atom is -0.444 e. The molecule has 2 saturated heterocycles. The van der Waals surface area contributed by atoms with E-state index in [0.29, 0.717) is 32.2 Å². The third-order valence-corrected chi connectivity index (χ3v) is 7.16. The Morgan fingerprint density at radius 1 is 1.05 bits per heavy atom. The first kappa shape index (κ1) is 28.8. The zero-order valence-corrected chi connectivity index (χ0v) is 24.1. The van der Waals surface area contributed by atoms with Crippen LogP contribution < -0.4 is 4.90 Å². The second-order valence-corrected chi connectivity index (χ2v) is 11.0. The standard InChI is InChI=1S/C28H38N6O3.CH4O/c1-6-24-30-25(32-11-13-36-14-12-32)17-26(31-24)34-23-16-22(19(2)15-21(23)18-29-34)20-7-9-33(10-8-20)27(35)37-28(3,4)5;1-2/h15-18,20H,6-14H2,1-5H3;2H,1H3. The molecule has 39 heavy (non-hydrogen) atoms. The van der Waals surface area contributed by atoms with E-state index < -0.39 is 5.60 Å². The second kappa shape index (κ2) is 12.3. The van der Waals surface area contributed by atoms with E-state index in [9.17, 15) is 4.79 Å². The molecular formula is C29H42N6O4. The quantitative estimate of drug-likeness (QED) is 0.526. The molecule has 0 bridgehead atoms. The van der Waals surface area contributed by atoms with Gasteiger partial charge in [0.05, 0.1) is 24.9 Å². The van der Waals surface area contributed by atoms with Crippen LogP contribution in [-0.4, -0.2) is 88.0 Å². The van der Waals surface area contributed by atoms with Gasteiger partial charge in [-0.3, -0.25) is 0 Å². The summed E-state index contributed by atoms with van der Waals surface area (Å²) in [5.74, 6) is 2.91. The number of piperidine rings is 1. The molecule has 1 amide bonds. The van der Waals surface area contributed by atoms with Gasteiger partial charge in [0, 0.05) is 51.2 Å². The van der Waals surface area contributed by atoms with Crippen LogP contribution in [0, 0.1) is 6.92 Å². The van der Waals surface area contributed by atoms with E-state index in [1.54, 1.807) is 0 Å². The van der Waals surface area contributed by atoms with Crippen molar-refractivity contribution in [3.05, 3.63) is 41.3 Å². The lowest BCUT2D eigenvalue weighted by molar-refractivity contribution is 0.0205. The van der Waals surface area contributed by atoms with E-state index >= 15 is 0 Å². The van der Waals surface area contributed by atoms with Crippen LogP contribution in [0.1, 0.15) is 63.4 Å². The zero-order valence-electron chi connectivity index (χ0n) is 24.1. The van der Waals surface area contributed by atoms with Crippen LogP contribution in [0.5, 0.6) is 0 Å². The maximum atomic E-state index is 12.5. The number of aromatic nitrogens is 4. The summed E-state index contributed by atoms with van der Waals surface area (Å²) >= 11 is 0. The normalized spacial score (nSPS) is 16.7. The summed E-state index contributed by atoms with van der Waals surface area (Å²) in [6.45, 7) is 14.4. The summed E-state index contributed by atoms with van der Waals surface area (Å²) in [6.07, 6.45) is 4.27. The summed E-state index contributed by atoms with van der Waals surface area (Å²) in [7, 11) is 1.00. The molecule has 212 valence electrons. The number of likely N-dealkylation sites (tertiary alicyclic amines) is 1. The molecule has 0 unspecified atom stereocenters. The molecule has 0 spiro atoms. The predicted molar refractivity (Wildman–Crippen MR) is 152 cm³/mol. The van der Waals surface area contributed by atoms with Crippen molar-refractivity contribution in [2.45, 2.75) is 65.4 Å². The van der Waals surface area contributed by atoms with E-state index in [1.165, 1.54) is 11.1 Å². The minimum atomic E-state index is -0.478. The van der Waals surface area contributed by atoms with Gasteiger partial charge in [0.15, 0.2) is 5.82 Å². The van der Waals surface area contributed by atoms with Gasteiger partial charge in [-0.25, -0.2) is 19.4 Å². The average molecular weight is 539 g/mol. The number of ether oxygens (including phenoxy) is 2. The number of morpholine rings is 1. The van der Waals surface area contributed by atoms with Crippen LogP contribution in [0.2, 0.25) is 0 Å². The Kier molecular flexibility index (Phi) is 9.07. The average Bonchev–Trinajstić information content (AvgIpc) is 3.35. The number of carbonyl (C=O) groups excluding carboxylic acids is 1. The summed E-state index contributed by atoms with van der Waals surface area (Å²) < 4.78 is 13.1. The molecule has 10 heteroatoms. The van der Waals surface area contributed by atoms with Crippen molar-refractivity contribution in [3.63, 3.8) is 0 Å². The molecule has 3 aromatic rings. The van der Waals surface area contributed by atoms with E-state index in [2.05, 4.69) is 30.9 Å². The van der Waals surface area contributed by atoms with E-state index in [-0.39, 0.29) is 6.09 Å². The van der Waals surface area contributed by atoms with Gasteiger partial charge in [0.2, 0.25) is 0 Å². The molecule has 4 heterocycles. The molecule has 5 rings (SSSR count). The van der Waals surface area contributed by atoms with Crippen molar-refractivity contribution in [3.8, 4) is 5.82 Å². The molecule has 1 aromatic carbocycles. The van der Waals surface area contributed by atoms with Gasteiger partial charge in [-0.05, 0) is 69.7 Å². The van der Waals surface area contributed by atoms with Gasteiger partial charge in [0.1, 0.15) is 17.2 Å². The van der Waals surface area contributed by atoms with Crippen LogP contribution >= 0.6 is 0 Å². The lowest BCUT2D eigenvalue weighted by Crippen LogP contribution is -2.41. The Hall–Kier alpha value is -3.24. The SMILES string of the molecule is CCc1nc(N2CCOCC2)cc(-n2ncc3cc(C)c(C4CCN(C(=O)OC(C)(C)C)CC4)cc32)n1.CO. The molecule has 1 N–H and O–H groups in total. The number of aryl methyl sites for hydroxylation is 2. The van der Waals surface area contributed by atoms with Gasteiger partial charge in [-0.15, -0.1) is 0 Å². The van der Waals surface area contributed by atoms with E-state index in [0.717, 1.165) is 67.8 Å². The molecule has 0 atom stereocenters. The third-order valence-electron chi connectivity index (χ3n) is 7.16. The molecule has 2 aliphatic rings. The Labute approximate surface area is 230 Å². The van der Waals surface area contributed by atoms with Crippen LogP contribution in [0.3, 0.4) is 0 Å². The topological polar surface area (TPSA) is 106 Å². The molecule has 2 aromatic heterocycles. The number of benzene rings is 1. The Morgan fingerprint density at radius 3 is 2.36 bits per heavy atom. The fourth-order valence-corrected chi connectivity index (χ4v) is 5.22. The fraction of sp³-hybridized carbons (Fsp3) is 0.586. The van der Waals surface area contributed by atoms with Gasteiger partial charge >= 0.3 is 6.09 Å². The van der Waals surface area contributed by atoms with Crippen molar-refractivity contribution in [2.24, 2.45) is 0 Å². The Bertz CT molecular complexity index is 1270. The highest BCUT2D eigenvalue weighted by Gasteiger charge is 2.28. The molecule has 10 nitrogen and oxygen atoms in total. The molecule has 0 radical (unpaired) electrons. The first-order chi connectivity index (χ1) is 18.7. The van der Waals surface area contributed by atoms with Crippen molar-refractivity contribution in [1.82, 2.24) is 24.6 Å². The van der Waals surface area contributed by atoms with E-state index in [4.69, 9.17) is 29.6 Å². The first-order valence-electron chi connectivity index (χ1n) is 13.8. The summed E-state index contributed by atoms with van der Waals surface area (Å²) in [6, 6.07) is 6.53. The Balaban J connectivity index is 0.00000172. The number of carbonyl (C=O) groups is 1. The monoisotopic (exact) mass is 538 g/mol. The lowest BCUT2D eigenvalue weighted by atomic mass is 9.86. The van der Waals surface area contributed by atoms with Crippen molar-refractivity contribution >= 4 is 22.8 Å². The summed E-state index contributed by atoms with van der Waals surface area (Å²) in [4.78, 5) is 26.2. The minimum absolute atomic E-state index is 0.220. The van der Waals surface area contributed by atoms with Gasteiger partial charge in [0.25, 0.3) is 0 Å². The highest BCUT2D eigenvalue weighted by Crippen LogP contribution is 2.34. The van der Waals surface area contributed by atoms with E-state index in [1.807, 2.05) is 42.6 Å². The number of nitrogens with zero attached hydrogens (tertiary/aromatic N) is 6. The highest BCUT2D eigenvalue weighted by atomic mass is 16.6. The maximum absolute atomic E-state index is 12.5. The summed E-state index contributed by atoms with van der Waals surface area (Å²) in [5, 5.41) is 12.8. The van der Waals surface area contributed by atoms with Crippen LogP contribution in [-0.2, 0) is 15.9 Å². The predicted octanol–water partition coefficient (Wildman–Crippen LogP) is 4.25. The second-order valence-electron chi connectivity index (χ2n) is 11.0. The van der Waals surface area contributed by atoms with Crippen LogP contribution in [0.25, 0.3) is 16.7 Å². The maximum Gasteiger partial charge on any atom is 0.410 e. The molecular weight excluding hydrogens is 496 g/mol. The summed E-state index contributed by atoms with van der Waals surface area (Å²) in [5.41, 5.74) is 3.14. The van der Waals surface area contributed by atoms with Gasteiger partial charge in [-0.2, -0.15) is 5.10 Å². The number of rotatable bonds is 4.